The van der Waals surface area contributed by atoms with Crippen molar-refractivity contribution in [2.24, 2.45) is 0 Å². The van der Waals surface area contributed by atoms with E-state index in [1.54, 1.807) is 0 Å². The largest absolute Gasteiger partial charge is 0.472 e. The molecular formula is C38H52N12O23P2. The van der Waals surface area contributed by atoms with Gasteiger partial charge in [0.15, 0.2) is 34.8 Å². The molecule has 0 aromatic carbocycles. The molecule has 10 atom stereocenters. The zero-order valence-corrected chi connectivity index (χ0v) is 41.1. The fraction of sp³-hybridized carbons (Fsp3) is 0.632. The van der Waals surface area contributed by atoms with E-state index in [2.05, 4.69) is 35.2 Å². The molecule has 4 fully saturated rings. The number of aliphatic hydroxyl groups excluding tert-OH is 1. The third-order valence-corrected chi connectivity index (χ3v) is 13.3. The first-order valence-electron chi connectivity index (χ1n) is 22.9. The Bertz CT molecular complexity index is 2900. The summed E-state index contributed by atoms with van der Waals surface area (Å²) in [6.07, 6.45) is -9.91. The smallest absolute Gasteiger partial charge is 0.386 e. The molecule has 0 aliphatic carbocycles. The van der Waals surface area contributed by atoms with E-state index >= 15 is 0 Å². The Hall–Kier alpha value is -5.72. The van der Waals surface area contributed by atoms with Crippen molar-refractivity contribution in [3.05, 3.63) is 33.4 Å². The van der Waals surface area contributed by atoms with Crippen molar-refractivity contribution < 1.29 is 99.3 Å². The van der Waals surface area contributed by atoms with E-state index in [1.165, 1.54) is 4.57 Å². The molecule has 0 radical (unpaired) electrons. The summed E-state index contributed by atoms with van der Waals surface area (Å²) in [5, 5.41) is 14.5. The second-order valence-electron chi connectivity index (χ2n) is 16.5. The molecule has 35 nitrogen and oxygen atoms in total. The Kier molecular flexibility index (Phi) is 18.1. The van der Waals surface area contributed by atoms with Crippen LogP contribution in [0.3, 0.4) is 0 Å². The van der Waals surface area contributed by atoms with Gasteiger partial charge < -0.3 is 69.7 Å². The van der Waals surface area contributed by atoms with Crippen molar-refractivity contribution in [1.29, 1.82) is 0 Å². The van der Waals surface area contributed by atoms with Crippen molar-refractivity contribution >= 4 is 73.6 Å². The number of nitrogens with two attached hydrogens (primary N) is 2. The second kappa shape index (κ2) is 24.5. The summed E-state index contributed by atoms with van der Waals surface area (Å²) in [6, 6.07) is -1.50. The summed E-state index contributed by atoms with van der Waals surface area (Å²) in [5.41, 5.74) is 9.33. The maximum absolute atomic E-state index is 13.8. The summed E-state index contributed by atoms with van der Waals surface area (Å²) in [4.78, 5) is 121. The number of hydroxylamine groups is 2. The number of ether oxygens (including phenoxy) is 7. The number of hydrogen-bond acceptors (Lipinski definition) is 27. The van der Waals surface area contributed by atoms with Crippen LogP contribution in [0.1, 0.15) is 38.1 Å². The van der Waals surface area contributed by atoms with Crippen LogP contribution in [0.15, 0.2) is 22.2 Å². The van der Waals surface area contributed by atoms with Crippen LogP contribution in [0.25, 0.3) is 22.3 Å². The van der Waals surface area contributed by atoms with Crippen molar-refractivity contribution in [3.8, 4) is 0 Å². The molecule has 0 saturated carbocycles. The van der Waals surface area contributed by atoms with Crippen LogP contribution in [-0.4, -0.2) is 199 Å². The first-order chi connectivity index (χ1) is 35.9. The molecule has 4 unspecified atom stereocenters. The molecular weight excluding hydrogens is 1050 g/mol. The number of amides is 3. The molecule has 8 rings (SSSR count). The van der Waals surface area contributed by atoms with Gasteiger partial charge >= 0.3 is 21.6 Å². The molecule has 8 heterocycles. The number of anilines is 2. The predicted molar refractivity (Wildman–Crippen MR) is 243 cm³/mol. The SMILES string of the molecule is Nc1nc2c(ncn2[C@@H]2O[C@@H]3COP(=O)(O)OC4[C@@H](COP(=O)(O)O[C@@H]3C2NC(=O)CCOCCOCCOCCOCCOCCC(=O)ON2C(=O)CCC2=O)O[C@@H](n2cnc3c(=O)[nH]c(N)nc32)[C@H]4O)c(=O)[nH]1. The van der Waals surface area contributed by atoms with E-state index in [-0.39, 0.29) is 126 Å². The lowest BCUT2D eigenvalue weighted by Gasteiger charge is -2.29. The minimum atomic E-state index is -5.28. The van der Waals surface area contributed by atoms with Gasteiger partial charge in [-0.25, -0.2) is 23.9 Å². The van der Waals surface area contributed by atoms with Gasteiger partial charge in [-0.05, 0) is 0 Å². The van der Waals surface area contributed by atoms with Crippen LogP contribution in [0.4, 0.5) is 11.9 Å². The number of imidazole rings is 2. The standard InChI is InChI=1S/C38H52N12O23P2/c39-37-44-31-26(33(56)46-37)41-17-48(31)35-25(43-21(51)3-5-62-7-9-64-11-13-66-14-12-65-10-8-63-6-4-24(54)71-50-22(52)1-2-23(50)53)29-19(69-35)15-67-75(60,61)73-30-20(16-68-74(58,59)72-29)70-36(28(30)55)49-18-42-27-32(49)45-38(40)47-34(27)57/h17-20,25,28-30,35-36,55H,1-16H2,(H,43,51)(H,58,59)(H,60,61)(H3,39,44,46,56)(H3,40,45,47,57)/t19-,20-,25?,28+,29+,30?,35-,36-/m1/s1. The number of aliphatic hydroxyl groups is 1. The van der Waals surface area contributed by atoms with Gasteiger partial charge in [0, 0.05) is 19.3 Å². The molecule has 4 saturated heterocycles. The monoisotopic (exact) mass is 1110 g/mol. The molecule has 10 N–H and O–H groups in total. The van der Waals surface area contributed by atoms with Gasteiger partial charge in [0.25, 0.3) is 22.9 Å². The summed E-state index contributed by atoms with van der Waals surface area (Å²) in [7, 11) is -10.5. The highest BCUT2D eigenvalue weighted by molar-refractivity contribution is 7.47. The molecule has 412 valence electrons. The number of aromatic amines is 2. The second-order valence-corrected chi connectivity index (χ2v) is 19.4. The number of phosphoric ester groups is 2. The summed E-state index contributed by atoms with van der Waals surface area (Å²) in [5.74, 6) is -3.25. The lowest BCUT2D eigenvalue weighted by molar-refractivity contribution is -0.198. The minimum Gasteiger partial charge on any atom is -0.386 e. The average molecular weight is 1110 g/mol. The van der Waals surface area contributed by atoms with Crippen molar-refractivity contribution in [3.63, 3.8) is 0 Å². The molecule has 3 amide bonds. The van der Waals surface area contributed by atoms with Gasteiger partial charge in [0.05, 0.1) is 98.4 Å². The number of rotatable bonds is 22. The molecule has 4 aromatic rings. The van der Waals surface area contributed by atoms with Crippen molar-refractivity contribution in [2.45, 2.75) is 74.7 Å². The van der Waals surface area contributed by atoms with Gasteiger partial charge in [-0.1, -0.05) is 0 Å². The van der Waals surface area contributed by atoms with Crippen molar-refractivity contribution in [1.82, 2.24) is 49.4 Å². The van der Waals surface area contributed by atoms with E-state index < -0.39 is 113 Å². The number of hydrogen-bond donors (Lipinski definition) is 8. The fourth-order valence-corrected chi connectivity index (χ4v) is 9.87. The number of nitrogens with zero attached hydrogens (tertiary/aromatic N) is 7. The Morgan fingerprint density at radius 2 is 1.12 bits per heavy atom. The van der Waals surface area contributed by atoms with Gasteiger partial charge in [-0.2, -0.15) is 9.97 Å². The minimum absolute atomic E-state index is 0.00134. The van der Waals surface area contributed by atoms with E-state index in [0.717, 1.165) is 17.2 Å². The van der Waals surface area contributed by atoms with Gasteiger partial charge in [-0.3, -0.25) is 61.2 Å². The first kappa shape index (κ1) is 55.5. The maximum atomic E-state index is 13.8. The number of fused-ring (bicyclic) bond motifs is 4. The highest BCUT2D eigenvalue weighted by Crippen LogP contribution is 2.53. The van der Waals surface area contributed by atoms with E-state index in [9.17, 15) is 52.8 Å². The van der Waals surface area contributed by atoms with Gasteiger partial charge in [0.1, 0.15) is 36.6 Å². The molecule has 75 heavy (non-hydrogen) atoms. The van der Waals surface area contributed by atoms with Crippen LogP contribution < -0.4 is 27.9 Å². The third kappa shape index (κ3) is 13.8. The molecule has 0 spiro atoms. The molecule has 37 heteroatoms. The fourth-order valence-electron chi connectivity index (χ4n) is 7.94. The zero-order valence-electron chi connectivity index (χ0n) is 39.3. The molecule has 0 bridgehead atoms. The third-order valence-electron chi connectivity index (χ3n) is 11.4. The van der Waals surface area contributed by atoms with Crippen LogP contribution in [0.5, 0.6) is 0 Å². The number of carbonyl (C=O) groups is 4. The van der Waals surface area contributed by atoms with Crippen LogP contribution in [0.2, 0.25) is 0 Å². The highest BCUT2D eigenvalue weighted by atomic mass is 31.2. The maximum Gasteiger partial charge on any atom is 0.472 e. The van der Waals surface area contributed by atoms with Gasteiger partial charge in [0.2, 0.25) is 17.8 Å². The van der Waals surface area contributed by atoms with E-state index in [0.29, 0.717) is 5.06 Å². The molecule has 4 aliphatic heterocycles. The Labute approximate surface area is 420 Å². The number of aromatic nitrogens is 8. The lowest BCUT2D eigenvalue weighted by Crippen LogP contribution is -2.48. The highest BCUT2D eigenvalue weighted by Gasteiger charge is 2.55. The van der Waals surface area contributed by atoms with E-state index in [4.69, 9.17) is 67.6 Å². The number of imide groups is 1. The Morgan fingerprint density at radius 3 is 1.64 bits per heavy atom. The number of nitrogens with one attached hydrogen (secondary N) is 3. The van der Waals surface area contributed by atoms with Crippen molar-refractivity contribution in [2.75, 3.05) is 90.7 Å². The quantitative estimate of drug-likeness (QED) is 0.0215. The lowest BCUT2D eigenvalue weighted by atomic mass is 10.1. The van der Waals surface area contributed by atoms with Crippen LogP contribution in [0, 0.1) is 0 Å². The summed E-state index contributed by atoms with van der Waals surface area (Å²) >= 11 is 0. The average Bonchev–Trinajstić information content (AvgIpc) is 4.17. The predicted octanol–water partition coefficient (Wildman–Crippen LogP) is -3.45. The Morgan fingerprint density at radius 1 is 0.680 bits per heavy atom. The Balaban J connectivity index is 0.812. The first-order valence-corrected chi connectivity index (χ1v) is 25.9. The van der Waals surface area contributed by atoms with Crippen LogP contribution in [-0.2, 0) is 84.4 Å². The molecule has 4 aliphatic rings. The number of H-pyrrole nitrogens is 2. The summed E-state index contributed by atoms with van der Waals surface area (Å²) < 4.78 is 90.5. The normalized spacial score (nSPS) is 28.3. The van der Waals surface area contributed by atoms with Gasteiger partial charge in [-0.15, -0.1) is 5.06 Å². The number of nitrogen functional groups attached to an aromatic ring is 2. The molecule has 4 aromatic heterocycles. The topological polar surface area (TPSA) is 468 Å². The number of phosphoric acid groups is 2. The summed E-state index contributed by atoms with van der Waals surface area (Å²) in [6.45, 7) is -0.501. The van der Waals surface area contributed by atoms with Crippen LogP contribution >= 0.6 is 15.6 Å². The zero-order chi connectivity index (χ0) is 53.4. The number of carbonyl (C=O) groups excluding carboxylic acids is 4. The van der Waals surface area contributed by atoms with E-state index in [1.807, 2.05) is 0 Å².